The van der Waals surface area contributed by atoms with Crippen LogP contribution < -0.4 is 5.32 Å². The van der Waals surface area contributed by atoms with Gasteiger partial charge in [-0.1, -0.05) is 24.3 Å². The molecule has 1 aromatic heterocycles. The summed E-state index contributed by atoms with van der Waals surface area (Å²) in [5.41, 5.74) is 2.39. The number of imidazole rings is 1. The van der Waals surface area contributed by atoms with Gasteiger partial charge < -0.3 is 9.88 Å². The van der Waals surface area contributed by atoms with Gasteiger partial charge in [-0.3, -0.25) is 9.69 Å². The SMILES string of the molecule is Cn1c(CN2CCC(C(=O)Nc3ccccc3F)CC2)nc2ccccc21. The molecule has 140 valence electrons. The molecule has 6 heteroatoms. The zero-order chi connectivity index (χ0) is 18.8. The van der Waals surface area contributed by atoms with Gasteiger partial charge in [-0.05, 0) is 50.2 Å². The summed E-state index contributed by atoms with van der Waals surface area (Å²) in [6.07, 6.45) is 1.54. The van der Waals surface area contributed by atoms with Crippen molar-refractivity contribution in [3.8, 4) is 0 Å². The lowest BCUT2D eigenvalue weighted by molar-refractivity contribution is -0.121. The van der Waals surface area contributed by atoms with Crippen LogP contribution in [-0.4, -0.2) is 33.4 Å². The van der Waals surface area contributed by atoms with Crippen LogP contribution in [0.25, 0.3) is 11.0 Å². The number of aromatic nitrogens is 2. The van der Waals surface area contributed by atoms with E-state index in [2.05, 4.69) is 20.9 Å². The van der Waals surface area contributed by atoms with E-state index >= 15 is 0 Å². The van der Waals surface area contributed by atoms with Gasteiger partial charge in [0, 0.05) is 13.0 Å². The second-order valence-electron chi connectivity index (χ2n) is 7.10. The first-order valence-corrected chi connectivity index (χ1v) is 9.30. The third-order valence-corrected chi connectivity index (χ3v) is 5.33. The predicted molar refractivity (Wildman–Crippen MR) is 104 cm³/mol. The fourth-order valence-electron chi connectivity index (χ4n) is 3.69. The highest BCUT2D eigenvalue weighted by Gasteiger charge is 2.26. The van der Waals surface area contributed by atoms with Gasteiger partial charge >= 0.3 is 0 Å². The number of fused-ring (bicyclic) bond motifs is 1. The summed E-state index contributed by atoms with van der Waals surface area (Å²) in [5, 5.41) is 2.72. The van der Waals surface area contributed by atoms with Gasteiger partial charge in [0.2, 0.25) is 5.91 Å². The first-order valence-electron chi connectivity index (χ1n) is 9.30. The first kappa shape index (κ1) is 17.7. The van der Waals surface area contributed by atoms with Gasteiger partial charge in [0.15, 0.2) is 0 Å². The van der Waals surface area contributed by atoms with E-state index in [4.69, 9.17) is 4.98 Å². The van der Waals surface area contributed by atoms with Crippen LogP contribution in [0.3, 0.4) is 0 Å². The molecule has 1 saturated heterocycles. The molecule has 0 atom stereocenters. The number of likely N-dealkylation sites (tertiary alicyclic amines) is 1. The summed E-state index contributed by atoms with van der Waals surface area (Å²) >= 11 is 0. The molecule has 1 amide bonds. The number of amides is 1. The maximum absolute atomic E-state index is 13.7. The number of hydrogen-bond acceptors (Lipinski definition) is 3. The number of carbonyl (C=O) groups is 1. The lowest BCUT2D eigenvalue weighted by Crippen LogP contribution is -2.38. The molecule has 1 aliphatic rings. The molecule has 5 nitrogen and oxygen atoms in total. The van der Waals surface area contributed by atoms with E-state index in [1.54, 1.807) is 18.2 Å². The van der Waals surface area contributed by atoms with E-state index in [0.717, 1.165) is 49.3 Å². The van der Waals surface area contributed by atoms with Crippen molar-refractivity contribution in [3.63, 3.8) is 0 Å². The van der Waals surface area contributed by atoms with E-state index in [1.807, 2.05) is 25.2 Å². The highest BCUT2D eigenvalue weighted by atomic mass is 19.1. The molecule has 0 spiro atoms. The van der Waals surface area contributed by atoms with Crippen LogP contribution in [0.4, 0.5) is 10.1 Å². The minimum atomic E-state index is -0.398. The summed E-state index contributed by atoms with van der Waals surface area (Å²) in [7, 11) is 2.04. The Morgan fingerprint density at radius 3 is 2.59 bits per heavy atom. The van der Waals surface area contributed by atoms with Gasteiger partial charge in [0.1, 0.15) is 11.6 Å². The minimum Gasteiger partial charge on any atom is -0.330 e. The Bertz CT molecular complexity index is 960. The molecule has 0 saturated carbocycles. The van der Waals surface area contributed by atoms with Crippen molar-refractivity contribution in [2.24, 2.45) is 13.0 Å². The summed E-state index contributed by atoms with van der Waals surface area (Å²) in [6, 6.07) is 14.4. The van der Waals surface area contributed by atoms with E-state index in [1.165, 1.54) is 6.07 Å². The molecule has 1 aliphatic heterocycles. The number of para-hydroxylation sites is 3. The summed E-state index contributed by atoms with van der Waals surface area (Å²) in [6.45, 7) is 2.43. The van der Waals surface area contributed by atoms with Crippen LogP contribution in [0.5, 0.6) is 0 Å². The molecule has 27 heavy (non-hydrogen) atoms. The lowest BCUT2D eigenvalue weighted by Gasteiger charge is -2.31. The smallest absolute Gasteiger partial charge is 0.227 e. The number of halogens is 1. The average molecular weight is 366 g/mol. The Balaban J connectivity index is 1.35. The Kier molecular flexibility index (Phi) is 4.90. The van der Waals surface area contributed by atoms with Crippen molar-refractivity contribution >= 4 is 22.6 Å². The highest BCUT2D eigenvalue weighted by Crippen LogP contribution is 2.23. The van der Waals surface area contributed by atoms with Crippen molar-refractivity contribution in [2.45, 2.75) is 19.4 Å². The van der Waals surface area contributed by atoms with Crippen LogP contribution in [-0.2, 0) is 18.4 Å². The molecular formula is C21H23FN4O. The predicted octanol–water partition coefficient (Wildman–Crippen LogP) is 3.56. The zero-order valence-electron chi connectivity index (χ0n) is 15.4. The van der Waals surface area contributed by atoms with Crippen LogP contribution in [0.1, 0.15) is 18.7 Å². The lowest BCUT2D eigenvalue weighted by atomic mass is 9.96. The third-order valence-electron chi connectivity index (χ3n) is 5.33. The van der Waals surface area contributed by atoms with Crippen LogP contribution >= 0.6 is 0 Å². The average Bonchev–Trinajstić information content (AvgIpc) is 3.00. The third kappa shape index (κ3) is 3.71. The number of nitrogens with zero attached hydrogens (tertiary/aromatic N) is 3. The Morgan fingerprint density at radius 1 is 1.15 bits per heavy atom. The number of piperidine rings is 1. The summed E-state index contributed by atoms with van der Waals surface area (Å²) in [4.78, 5) is 19.5. The standard InChI is InChI=1S/C21H23FN4O/c1-25-19-9-5-4-8-18(19)23-20(25)14-26-12-10-15(11-13-26)21(27)24-17-7-3-2-6-16(17)22/h2-9,15H,10-14H2,1H3,(H,24,27). The number of rotatable bonds is 4. The topological polar surface area (TPSA) is 50.2 Å². The number of nitrogens with one attached hydrogen (secondary N) is 1. The largest absolute Gasteiger partial charge is 0.330 e. The summed E-state index contributed by atoms with van der Waals surface area (Å²) in [5.74, 6) is 0.458. The molecule has 2 aromatic carbocycles. The van der Waals surface area contributed by atoms with Gasteiger partial charge in [-0.2, -0.15) is 0 Å². The number of aryl methyl sites for hydroxylation is 1. The molecule has 0 radical (unpaired) electrons. The van der Waals surface area contributed by atoms with Crippen LogP contribution in [0.2, 0.25) is 0 Å². The fourth-order valence-corrected chi connectivity index (χ4v) is 3.69. The molecule has 1 fully saturated rings. The zero-order valence-corrected chi connectivity index (χ0v) is 15.4. The number of hydrogen-bond donors (Lipinski definition) is 1. The maximum Gasteiger partial charge on any atom is 0.227 e. The molecule has 4 rings (SSSR count). The molecule has 1 N–H and O–H groups in total. The quantitative estimate of drug-likeness (QED) is 0.768. The molecule has 0 unspecified atom stereocenters. The van der Waals surface area contributed by atoms with Crippen LogP contribution in [0.15, 0.2) is 48.5 Å². The maximum atomic E-state index is 13.7. The number of benzene rings is 2. The Hall–Kier alpha value is -2.73. The second-order valence-corrected chi connectivity index (χ2v) is 7.10. The van der Waals surface area contributed by atoms with E-state index in [0.29, 0.717) is 0 Å². The minimum absolute atomic E-state index is 0.0821. The fraction of sp³-hybridized carbons (Fsp3) is 0.333. The van der Waals surface area contributed by atoms with E-state index < -0.39 is 5.82 Å². The van der Waals surface area contributed by atoms with E-state index in [9.17, 15) is 9.18 Å². The normalized spacial score (nSPS) is 15.9. The monoisotopic (exact) mass is 366 g/mol. The van der Waals surface area contributed by atoms with Gasteiger partial charge in [0.05, 0.1) is 23.3 Å². The van der Waals surface area contributed by atoms with Crippen molar-refractivity contribution in [2.75, 3.05) is 18.4 Å². The van der Waals surface area contributed by atoms with Gasteiger partial charge in [0.25, 0.3) is 0 Å². The highest BCUT2D eigenvalue weighted by molar-refractivity contribution is 5.92. The summed E-state index contributed by atoms with van der Waals surface area (Å²) < 4.78 is 15.8. The molecular weight excluding hydrogens is 343 g/mol. The van der Waals surface area contributed by atoms with Gasteiger partial charge in [-0.15, -0.1) is 0 Å². The van der Waals surface area contributed by atoms with Crippen molar-refractivity contribution in [3.05, 3.63) is 60.2 Å². The van der Waals surface area contributed by atoms with Crippen molar-refractivity contribution in [1.29, 1.82) is 0 Å². The molecule has 2 heterocycles. The Labute approximate surface area is 157 Å². The molecule has 3 aromatic rings. The number of anilines is 1. The number of carbonyl (C=O) groups excluding carboxylic acids is 1. The second kappa shape index (κ2) is 7.48. The van der Waals surface area contributed by atoms with Gasteiger partial charge in [-0.25, -0.2) is 9.37 Å². The molecule has 0 aliphatic carbocycles. The Morgan fingerprint density at radius 2 is 1.85 bits per heavy atom. The van der Waals surface area contributed by atoms with Crippen LogP contribution in [0, 0.1) is 11.7 Å². The van der Waals surface area contributed by atoms with E-state index in [-0.39, 0.29) is 17.5 Å². The molecule has 0 bridgehead atoms. The van der Waals surface area contributed by atoms with Crippen molar-refractivity contribution < 1.29 is 9.18 Å². The first-order chi connectivity index (χ1) is 13.1. The van der Waals surface area contributed by atoms with Crippen molar-refractivity contribution in [1.82, 2.24) is 14.5 Å².